The van der Waals surface area contributed by atoms with Crippen LogP contribution in [0.4, 0.5) is 0 Å². The molecule has 0 radical (unpaired) electrons. The predicted molar refractivity (Wildman–Crippen MR) is 65.2 cm³/mol. The fourth-order valence-corrected chi connectivity index (χ4v) is 3.19. The van der Waals surface area contributed by atoms with Gasteiger partial charge in [0.2, 0.25) is 0 Å². The van der Waals surface area contributed by atoms with Crippen molar-refractivity contribution < 1.29 is 9.84 Å². The Labute approximate surface area is 98.7 Å². The highest BCUT2D eigenvalue weighted by atomic mass is 16.6. The summed E-state index contributed by atoms with van der Waals surface area (Å²) >= 11 is 0. The van der Waals surface area contributed by atoms with Crippen LogP contribution in [0.5, 0.6) is 0 Å². The SMILES string of the molecule is CC/C=C\C[C@H]1C(C)(C)CC[C@]1(O)[C@@H]1CO1. The van der Waals surface area contributed by atoms with Gasteiger partial charge in [-0.3, -0.25) is 0 Å². The first kappa shape index (κ1) is 12.1. The van der Waals surface area contributed by atoms with Crippen LogP contribution in [0.15, 0.2) is 12.2 Å². The molecule has 0 aromatic carbocycles. The highest BCUT2D eigenvalue weighted by Gasteiger charge is 2.58. The fraction of sp³-hybridized carbons (Fsp3) is 0.857. The molecule has 0 bridgehead atoms. The van der Waals surface area contributed by atoms with Crippen LogP contribution in [-0.4, -0.2) is 23.4 Å². The molecular formula is C14H24O2. The molecule has 0 unspecified atom stereocenters. The lowest BCUT2D eigenvalue weighted by Gasteiger charge is -2.35. The number of hydrogen-bond donors (Lipinski definition) is 1. The van der Waals surface area contributed by atoms with E-state index < -0.39 is 5.60 Å². The Morgan fingerprint density at radius 2 is 2.00 bits per heavy atom. The molecule has 1 N–H and O–H groups in total. The van der Waals surface area contributed by atoms with Gasteiger partial charge in [0.05, 0.1) is 12.2 Å². The van der Waals surface area contributed by atoms with Crippen molar-refractivity contribution in [3.63, 3.8) is 0 Å². The van der Waals surface area contributed by atoms with Gasteiger partial charge in [0.15, 0.2) is 0 Å². The zero-order valence-corrected chi connectivity index (χ0v) is 10.7. The molecule has 1 saturated heterocycles. The van der Waals surface area contributed by atoms with Gasteiger partial charge in [-0.25, -0.2) is 0 Å². The minimum atomic E-state index is -0.568. The first-order valence-electron chi connectivity index (χ1n) is 6.49. The Hall–Kier alpha value is -0.340. The predicted octanol–water partition coefficient (Wildman–Crippen LogP) is 2.91. The van der Waals surface area contributed by atoms with Crippen LogP contribution < -0.4 is 0 Å². The molecule has 0 amide bonds. The van der Waals surface area contributed by atoms with Gasteiger partial charge in [-0.2, -0.15) is 0 Å². The molecule has 2 fully saturated rings. The molecule has 3 atom stereocenters. The summed E-state index contributed by atoms with van der Waals surface area (Å²) in [6.45, 7) is 7.45. The van der Waals surface area contributed by atoms with Crippen LogP contribution in [0.2, 0.25) is 0 Å². The summed E-state index contributed by atoms with van der Waals surface area (Å²) in [6, 6.07) is 0. The van der Waals surface area contributed by atoms with Crippen LogP contribution in [0.3, 0.4) is 0 Å². The zero-order chi connectivity index (χ0) is 11.8. The second-order valence-corrected chi connectivity index (χ2v) is 5.97. The lowest BCUT2D eigenvalue weighted by atomic mass is 9.73. The van der Waals surface area contributed by atoms with Crippen LogP contribution >= 0.6 is 0 Å². The summed E-state index contributed by atoms with van der Waals surface area (Å²) in [6.07, 6.45) is 8.59. The molecule has 1 aliphatic heterocycles. The van der Waals surface area contributed by atoms with E-state index in [1.54, 1.807) is 0 Å². The van der Waals surface area contributed by atoms with Crippen molar-refractivity contribution in [3.8, 4) is 0 Å². The zero-order valence-electron chi connectivity index (χ0n) is 10.7. The van der Waals surface area contributed by atoms with Crippen molar-refractivity contribution in [1.29, 1.82) is 0 Å². The molecule has 2 rings (SSSR count). The first-order chi connectivity index (χ1) is 7.50. The van der Waals surface area contributed by atoms with Crippen LogP contribution in [0.25, 0.3) is 0 Å². The minimum Gasteiger partial charge on any atom is -0.387 e. The molecule has 92 valence electrons. The molecule has 1 aliphatic carbocycles. The molecule has 2 nitrogen and oxygen atoms in total. The van der Waals surface area contributed by atoms with E-state index in [1.165, 1.54) is 0 Å². The van der Waals surface area contributed by atoms with E-state index in [0.29, 0.717) is 5.92 Å². The lowest BCUT2D eigenvalue weighted by molar-refractivity contribution is -0.0415. The van der Waals surface area contributed by atoms with Gasteiger partial charge in [-0.05, 0) is 37.0 Å². The average molecular weight is 224 g/mol. The van der Waals surface area contributed by atoms with Gasteiger partial charge in [0, 0.05) is 0 Å². The summed E-state index contributed by atoms with van der Waals surface area (Å²) in [7, 11) is 0. The Kier molecular flexibility index (Phi) is 3.15. The van der Waals surface area contributed by atoms with E-state index >= 15 is 0 Å². The van der Waals surface area contributed by atoms with Crippen molar-refractivity contribution in [1.82, 2.24) is 0 Å². The lowest BCUT2D eigenvalue weighted by Crippen LogP contribution is -2.42. The van der Waals surface area contributed by atoms with Gasteiger partial charge in [0.1, 0.15) is 6.10 Å². The minimum absolute atomic E-state index is 0.106. The fourth-order valence-electron chi connectivity index (χ4n) is 3.19. The number of hydrogen-bond acceptors (Lipinski definition) is 2. The summed E-state index contributed by atoms with van der Waals surface area (Å²) in [4.78, 5) is 0. The number of aliphatic hydroxyl groups is 1. The number of ether oxygens (including phenoxy) is 1. The molecule has 1 saturated carbocycles. The summed E-state index contributed by atoms with van der Waals surface area (Å²) in [5, 5.41) is 10.8. The first-order valence-corrected chi connectivity index (χ1v) is 6.49. The number of rotatable bonds is 4. The second kappa shape index (κ2) is 4.15. The van der Waals surface area contributed by atoms with Gasteiger partial charge < -0.3 is 9.84 Å². The van der Waals surface area contributed by atoms with Crippen molar-refractivity contribution in [2.24, 2.45) is 11.3 Å². The second-order valence-electron chi connectivity index (χ2n) is 5.97. The van der Waals surface area contributed by atoms with Gasteiger partial charge in [-0.1, -0.05) is 32.9 Å². The third kappa shape index (κ3) is 2.05. The van der Waals surface area contributed by atoms with Crippen molar-refractivity contribution in [2.45, 2.75) is 58.2 Å². The largest absolute Gasteiger partial charge is 0.387 e. The van der Waals surface area contributed by atoms with E-state index in [-0.39, 0.29) is 11.5 Å². The third-order valence-electron chi connectivity index (χ3n) is 4.38. The maximum atomic E-state index is 10.8. The summed E-state index contributed by atoms with van der Waals surface area (Å²) in [5.41, 5.74) is -0.333. The van der Waals surface area contributed by atoms with Gasteiger partial charge in [0.25, 0.3) is 0 Å². The Morgan fingerprint density at radius 1 is 1.31 bits per heavy atom. The Bertz CT molecular complexity index is 278. The van der Waals surface area contributed by atoms with E-state index in [9.17, 15) is 5.11 Å². The van der Waals surface area contributed by atoms with Crippen molar-refractivity contribution in [2.75, 3.05) is 6.61 Å². The maximum absolute atomic E-state index is 10.8. The molecular weight excluding hydrogens is 200 g/mol. The normalized spacial score (nSPS) is 41.8. The monoisotopic (exact) mass is 224 g/mol. The van der Waals surface area contributed by atoms with Crippen molar-refractivity contribution >= 4 is 0 Å². The van der Waals surface area contributed by atoms with E-state index in [4.69, 9.17) is 4.74 Å². The summed E-state index contributed by atoms with van der Waals surface area (Å²) in [5.74, 6) is 0.343. The topological polar surface area (TPSA) is 32.8 Å². The van der Waals surface area contributed by atoms with E-state index in [1.807, 2.05) is 0 Å². The quantitative estimate of drug-likeness (QED) is 0.588. The molecule has 16 heavy (non-hydrogen) atoms. The van der Waals surface area contributed by atoms with Gasteiger partial charge >= 0.3 is 0 Å². The van der Waals surface area contributed by atoms with Crippen LogP contribution in [-0.2, 0) is 4.74 Å². The molecule has 0 aromatic rings. The van der Waals surface area contributed by atoms with E-state index in [0.717, 1.165) is 32.3 Å². The summed E-state index contributed by atoms with van der Waals surface area (Å²) < 4.78 is 5.35. The molecule has 1 heterocycles. The Balaban J connectivity index is 2.10. The average Bonchev–Trinajstić information content (AvgIpc) is 3.02. The van der Waals surface area contributed by atoms with Crippen LogP contribution in [0, 0.1) is 11.3 Å². The molecule has 2 heteroatoms. The number of allylic oxidation sites excluding steroid dienone is 2. The van der Waals surface area contributed by atoms with E-state index in [2.05, 4.69) is 32.9 Å². The molecule has 0 spiro atoms. The van der Waals surface area contributed by atoms with Gasteiger partial charge in [-0.15, -0.1) is 0 Å². The smallest absolute Gasteiger partial charge is 0.110 e. The third-order valence-corrected chi connectivity index (χ3v) is 4.38. The van der Waals surface area contributed by atoms with Crippen LogP contribution in [0.1, 0.15) is 46.5 Å². The highest BCUT2D eigenvalue weighted by molar-refractivity contribution is 5.10. The highest BCUT2D eigenvalue weighted by Crippen LogP contribution is 2.54. The Morgan fingerprint density at radius 3 is 2.56 bits per heavy atom. The number of epoxide rings is 1. The molecule has 2 aliphatic rings. The molecule has 0 aromatic heterocycles. The van der Waals surface area contributed by atoms with Crippen molar-refractivity contribution in [3.05, 3.63) is 12.2 Å². The standard InChI is InChI=1S/C14H24O2/c1-4-5-6-7-11-13(2,3)8-9-14(11,15)12-10-16-12/h5-6,11-12,15H,4,7-10H2,1-3H3/b6-5-/t11-,12-,14+/m0/s1. The maximum Gasteiger partial charge on any atom is 0.110 e.